The Kier molecular flexibility index (Phi) is 11.7. The molecular formula is C33H39NO11S. The standard InChI is InChI=1S/C33H39NO11S/c1-40-28-15-12-22(18-30(28)42-3)11-14-27(23-8-7-9-24(19-23)44-21-32(35)36)45-33(37)26-10-5-6-17-34(26)46(38,39)25-13-16-29(41-2)31(20-25)43-4/h7-9,12-13,15-16,18-20,26-27H,5-6,10-11,14,17,21H2,1-4H3,(H,35,36)/t26-,27+/m0/s1. The van der Waals surface area contributed by atoms with Crippen molar-refractivity contribution in [3.05, 3.63) is 71.8 Å². The average Bonchev–Trinajstić information content (AvgIpc) is 3.08. The molecule has 0 aliphatic carbocycles. The van der Waals surface area contributed by atoms with Crippen molar-refractivity contribution < 1.29 is 51.5 Å². The molecule has 1 N–H and O–H groups in total. The van der Waals surface area contributed by atoms with E-state index in [-0.39, 0.29) is 23.6 Å². The number of nitrogens with zero attached hydrogens (tertiary/aromatic N) is 1. The van der Waals surface area contributed by atoms with Crippen LogP contribution in [0.1, 0.15) is 42.9 Å². The van der Waals surface area contributed by atoms with E-state index in [0.717, 1.165) is 5.56 Å². The highest BCUT2D eigenvalue weighted by Gasteiger charge is 2.40. The maximum Gasteiger partial charge on any atom is 0.341 e. The number of rotatable bonds is 15. The molecule has 3 aromatic carbocycles. The van der Waals surface area contributed by atoms with Gasteiger partial charge < -0.3 is 33.5 Å². The fourth-order valence-corrected chi connectivity index (χ4v) is 7.00. The Morgan fingerprint density at radius 3 is 2.22 bits per heavy atom. The van der Waals surface area contributed by atoms with Gasteiger partial charge in [-0.25, -0.2) is 13.2 Å². The highest BCUT2D eigenvalue weighted by atomic mass is 32.2. The van der Waals surface area contributed by atoms with Crippen LogP contribution in [0.5, 0.6) is 28.7 Å². The number of aliphatic carboxylic acids is 1. The lowest BCUT2D eigenvalue weighted by Gasteiger charge is -2.34. The summed E-state index contributed by atoms with van der Waals surface area (Å²) in [7, 11) is 1.85. The van der Waals surface area contributed by atoms with Crippen molar-refractivity contribution in [2.45, 2.75) is 49.1 Å². The largest absolute Gasteiger partial charge is 0.493 e. The van der Waals surface area contributed by atoms with Gasteiger partial charge in [-0.2, -0.15) is 4.31 Å². The molecule has 0 spiro atoms. The van der Waals surface area contributed by atoms with Crippen molar-refractivity contribution in [1.29, 1.82) is 0 Å². The topological polar surface area (TPSA) is 147 Å². The zero-order valence-corrected chi connectivity index (χ0v) is 27.1. The minimum Gasteiger partial charge on any atom is -0.493 e. The normalized spacial score (nSPS) is 15.8. The Morgan fingerprint density at radius 1 is 0.870 bits per heavy atom. The molecule has 3 aromatic rings. The quantitative estimate of drug-likeness (QED) is 0.228. The molecule has 1 aliphatic heterocycles. The molecule has 0 amide bonds. The van der Waals surface area contributed by atoms with Crippen LogP contribution in [0.2, 0.25) is 0 Å². The van der Waals surface area contributed by atoms with Gasteiger partial charge in [0.15, 0.2) is 29.6 Å². The van der Waals surface area contributed by atoms with E-state index in [9.17, 15) is 18.0 Å². The number of carboxylic acid groups (broad SMARTS) is 1. The first-order valence-corrected chi connectivity index (χ1v) is 16.1. The van der Waals surface area contributed by atoms with Crippen LogP contribution in [0.4, 0.5) is 0 Å². The second-order valence-corrected chi connectivity index (χ2v) is 12.4. The third-order valence-corrected chi connectivity index (χ3v) is 9.59. The number of carbonyl (C=O) groups is 2. The van der Waals surface area contributed by atoms with E-state index in [0.29, 0.717) is 54.2 Å². The van der Waals surface area contributed by atoms with Gasteiger partial charge in [-0.15, -0.1) is 0 Å². The van der Waals surface area contributed by atoms with Gasteiger partial charge in [-0.1, -0.05) is 18.2 Å². The van der Waals surface area contributed by atoms with E-state index < -0.39 is 40.7 Å². The lowest BCUT2D eigenvalue weighted by atomic mass is 10.00. The van der Waals surface area contributed by atoms with E-state index in [4.69, 9.17) is 33.5 Å². The fourth-order valence-electron chi connectivity index (χ4n) is 5.34. The van der Waals surface area contributed by atoms with Gasteiger partial charge in [0.05, 0.1) is 33.3 Å². The second kappa shape index (κ2) is 15.7. The summed E-state index contributed by atoms with van der Waals surface area (Å²) in [5.74, 6) is 0.236. The molecule has 13 heteroatoms. The summed E-state index contributed by atoms with van der Waals surface area (Å²) in [5, 5.41) is 9.05. The smallest absolute Gasteiger partial charge is 0.341 e. The monoisotopic (exact) mass is 657 g/mol. The van der Waals surface area contributed by atoms with Crippen molar-refractivity contribution in [2.24, 2.45) is 0 Å². The number of carboxylic acids is 1. The highest BCUT2D eigenvalue weighted by Crippen LogP contribution is 2.35. The molecule has 0 saturated carbocycles. The third kappa shape index (κ3) is 8.20. The summed E-state index contributed by atoms with van der Waals surface area (Å²) in [6.45, 7) is -0.393. The van der Waals surface area contributed by atoms with Crippen molar-refractivity contribution >= 4 is 22.0 Å². The van der Waals surface area contributed by atoms with Crippen LogP contribution in [0.3, 0.4) is 0 Å². The van der Waals surface area contributed by atoms with E-state index in [1.165, 1.54) is 36.7 Å². The Balaban J connectivity index is 1.62. The number of aryl methyl sites for hydroxylation is 1. The maximum atomic E-state index is 13.9. The molecule has 0 unspecified atom stereocenters. The van der Waals surface area contributed by atoms with Crippen LogP contribution in [0.15, 0.2) is 65.6 Å². The summed E-state index contributed by atoms with van der Waals surface area (Å²) in [6.07, 6.45) is 1.51. The number of piperidine rings is 1. The Hall–Kier alpha value is -4.49. The third-order valence-electron chi connectivity index (χ3n) is 7.68. The summed E-state index contributed by atoms with van der Waals surface area (Å²) >= 11 is 0. The number of esters is 1. The first-order chi connectivity index (χ1) is 22.1. The molecule has 1 aliphatic rings. The predicted molar refractivity (Wildman–Crippen MR) is 167 cm³/mol. The second-order valence-electron chi connectivity index (χ2n) is 10.6. The molecule has 0 radical (unpaired) electrons. The number of hydrogen-bond acceptors (Lipinski definition) is 10. The molecule has 2 atom stereocenters. The van der Waals surface area contributed by atoms with Crippen LogP contribution in [0.25, 0.3) is 0 Å². The lowest BCUT2D eigenvalue weighted by molar-refractivity contribution is -0.155. The number of hydrogen-bond donors (Lipinski definition) is 1. The van der Waals surface area contributed by atoms with Gasteiger partial charge in [-0.05, 0) is 79.6 Å². The Labute approximate surface area is 268 Å². The van der Waals surface area contributed by atoms with E-state index >= 15 is 0 Å². The van der Waals surface area contributed by atoms with Gasteiger partial charge >= 0.3 is 11.9 Å². The highest BCUT2D eigenvalue weighted by molar-refractivity contribution is 7.89. The zero-order chi connectivity index (χ0) is 33.3. The van der Waals surface area contributed by atoms with Crippen LogP contribution in [0, 0.1) is 0 Å². The van der Waals surface area contributed by atoms with Gasteiger partial charge in [-0.3, -0.25) is 4.79 Å². The number of methoxy groups -OCH3 is 4. The van der Waals surface area contributed by atoms with Gasteiger partial charge in [0, 0.05) is 12.6 Å². The average molecular weight is 658 g/mol. The first kappa shape index (κ1) is 34.4. The number of sulfonamides is 1. The van der Waals surface area contributed by atoms with Gasteiger partial charge in [0.1, 0.15) is 17.9 Å². The van der Waals surface area contributed by atoms with Crippen molar-refractivity contribution in [3.8, 4) is 28.7 Å². The van der Waals surface area contributed by atoms with Crippen molar-refractivity contribution in [1.82, 2.24) is 4.31 Å². The summed E-state index contributed by atoms with van der Waals surface area (Å²) in [4.78, 5) is 24.9. The lowest BCUT2D eigenvalue weighted by Crippen LogP contribution is -2.48. The van der Waals surface area contributed by atoms with E-state index in [2.05, 4.69) is 0 Å². The molecule has 12 nitrogen and oxygen atoms in total. The SMILES string of the molecule is COc1ccc(CC[C@@H](OC(=O)[C@@H]2CCCCN2S(=O)(=O)c2ccc(OC)c(OC)c2)c2cccc(OCC(=O)O)c2)cc1OC. The number of carbonyl (C=O) groups excluding carboxylic acids is 1. The predicted octanol–water partition coefficient (Wildman–Crippen LogP) is 4.64. The first-order valence-electron chi connectivity index (χ1n) is 14.7. The van der Waals surface area contributed by atoms with E-state index in [1.54, 1.807) is 44.6 Å². The van der Waals surface area contributed by atoms with Crippen LogP contribution in [-0.2, 0) is 30.8 Å². The minimum atomic E-state index is -4.11. The van der Waals surface area contributed by atoms with Crippen LogP contribution in [-0.4, -0.2) is 77.4 Å². The fraction of sp³-hybridized carbons (Fsp3) is 0.394. The number of ether oxygens (including phenoxy) is 6. The maximum absolute atomic E-state index is 13.9. The number of benzene rings is 3. The summed E-state index contributed by atoms with van der Waals surface area (Å²) in [6, 6.07) is 15.4. The van der Waals surface area contributed by atoms with Gasteiger partial charge in [0.25, 0.3) is 0 Å². The molecular weight excluding hydrogens is 618 g/mol. The molecule has 46 heavy (non-hydrogen) atoms. The summed E-state index contributed by atoms with van der Waals surface area (Å²) < 4.78 is 61.7. The molecule has 248 valence electrons. The van der Waals surface area contributed by atoms with Crippen LogP contribution >= 0.6 is 0 Å². The molecule has 1 saturated heterocycles. The Morgan fingerprint density at radius 2 is 1.54 bits per heavy atom. The van der Waals surface area contributed by atoms with E-state index in [1.807, 2.05) is 12.1 Å². The molecule has 1 heterocycles. The molecule has 1 fully saturated rings. The molecule has 4 rings (SSSR count). The van der Waals surface area contributed by atoms with Crippen LogP contribution < -0.4 is 23.7 Å². The minimum absolute atomic E-state index is 0.0295. The van der Waals surface area contributed by atoms with Crippen molar-refractivity contribution in [3.63, 3.8) is 0 Å². The van der Waals surface area contributed by atoms with Gasteiger partial charge in [0.2, 0.25) is 10.0 Å². The summed E-state index contributed by atoms with van der Waals surface area (Å²) in [5.41, 5.74) is 1.47. The Bertz CT molecular complexity index is 1630. The molecule has 0 bridgehead atoms. The van der Waals surface area contributed by atoms with Crippen molar-refractivity contribution in [2.75, 3.05) is 41.6 Å². The zero-order valence-electron chi connectivity index (χ0n) is 26.3. The molecule has 0 aromatic heterocycles.